The number of para-hydroxylation sites is 2. The average Bonchev–Trinajstić information content (AvgIpc) is 3.27. The van der Waals surface area contributed by atoms with E-state index in [1.54, 1.807) is 6.20 Å². The van der Waals surface area contributed by atoms with Crippen molar-refractivity contribution in [1.29, 1.82) is 0 Å². The first kappa shape index (κ1) is 23.1. The highest BCUT2D eigenvalue weighted by molar-refractivity contribution is 6.05. The van der Waals surface area contributed by atoms with Gasteiger partial charge in [0.25, 0.3) is 5.91 Å². The topological polar surface area (TPSA) is 77.2 Å². The molecular weight excluding hydrogens is 436 g/mol. The molecule has 1 aliphatic rings. The molecule has 1 saturated heterocycles. The van der Waals surface area contributed by atoms with E-state index in [1.807, 2.05) is 50.2 Å². The van der Waals surface area contributed by atoms with Crippen molar-refractivity contribution in [3.8, 4) is 11.4 Å². The van der Waals surface area contributed by atoms with Crippen molar-refractivity contribution in [2.75, 3.05) is 30.4 Å². The van der Waals surface area contributed by atoms with Crippen molar-refractivity contribution in [2.45, 2.75) is 39.8 Å². The fourth-order valence-corrected chi connectivity index (χ4v) is 4.83. The number of imidazole rings is 1. The van der Waals surface area contributed by atoms with E-state index in [2.05, 4.69) is 63.1 Å². The van der Waals surface area contributed by atoms with E-state index in [0.29, 0.717) is 23.3 Å². The highest BCUT2D eigenvalue weighted by atomic mass is 16.1. The van der Waals surface area contributed by atoms with Crippen LogP contribution in [0.1, 0.15) is 35.5 Å². The molecule has 1 amide bonds. The summed E-state index contributed by atoms with van der Waals surface area (Å²) in [5.41, 5.74) is 7.00. The number of hydrogen-bond acceptors (Lipinski definition) is 5. The van der Waals surface area contributed by atoms with Crippen molar-refractivity contribution in [3.63, 3.8) is 0 Å². The number of amides is 1. The van der Waals surface area contributed by atoms with Gasteiger partial charge in [-0.2, -0.15) is 0 Å². The Balaban J connectivity index is 1.36. The minimum atomic E-state index is -0.143. The van der Waals surface area contributed by atoms with Gasteiger partial charge >= 0.3 is 0 Å². The number of piperazine rings is 1. The number of nitrogens with one attached hydrogen (secondary N) is 2. The third-order valence-electron chi connectivity index (χ3n) is 7.17. The van der Waals surface area contributed by atoms with Crippen LogP contribution in [0.15, 0.2) is 54.7 Å². The maximum absolute atomic E-state index is 13.2. The molecule has 7 nitrogen and oxygen atoms in total. The van der Waals surface area contributed by atoms with Crippen LogP contribution < -0.4 is 10.2 Å². The number of aryl methyl sites for hydroxylation is 2. The molecular formula is C28H32N6O. The number of fused-ring (bicyclic) bond motifs is 1. The quantitative estimate of drug-likeness (QED) is 0.440. The second-order valence-corrected chi connectivity index (χ2v) is 9.68. The summed E-state index contributed by atoms with van der Waals surface area (Å²) in [6.45, 7) is 10.4. The molecule has 180 valence electrons. The molecule has 0 aliphatic carbocycles. The number of aromatic amines is 1. The van der Waals surface area contributed by atoms with Crippen molar-refractivity contribution >= 4 is 28.3 Å². The summed E-state index contributed by atoms with van der Waals surface area (Å²) in [4.78, 5) is 30.5. The maximum atomic E-state index is 13.2. The molecule has 3 heterocycles. The predicted octanol–water partition coefficient (Wildman–Crippen LogP) is 5.02. The maximum Gasteiger partial charge on any atom is 0.255 e. The molecule has 4 aromatic rings. The number of likely N-dealkylation sites (N-methyl/N-ethyl adjacent to an activating group) is 1. The van der Waals surface area contributed by atoms with Crippen LogP contribution in [0, 0.1) is 13.8 Å². The molecule has 2 atom stereocenters. The SMILES string of the molecule is Cc1cc(N2C[C@@H](C)N(C)[C@@H](C)C2)ccc1C(=O)Nc1cnc(C)c(-c2nc3ccccc3[nH]2)c1. The number of pyridine rings is 1. The number of H-pyrrole nitrogens is 1. The second kappa shape index (κ2) is 9.15. The van der Waals surface area contributed by atoms with Crippen molar-refractivity contribution < 1.29 is 4.79 Å². The molecule has 1 aliphatic heterocycles. The molecule has 0 unspecified atom stereocenters. The Morgan fingerprint density at radius 1 is 1.06 bits per heavy atom. The fourth-order valence-electron chi connectivity index (χ4n) is 4.83. The van der Waals surface area contributed by atoms with E-state index in [-0.39, 0.29) is 5.91 Å². The van der Waals surface area contributed by atoms with Gasteiger partial charge < -0.3 is 15.2 Å². The van der Waals surface area contributed by atoms with E-state index in [1.165, 1.54) is 0 Å². The van der Waals surface area contributed by atoms with Gasteiger partial charge in [0.15, 0.2) is 0 Å². The number of aromatic nitrogens is 3. The second-order valence-electron chi connectivity index (χ2n) is 9.68. The van der Waals surface area contributed by atoms with Crippen LogP contribution in [0.3, 0.4) is 0 Å². The van der Waals surface area contributed by atoms with E-state index in [9.17, 15) is 4.79 Å². The molecule has 35 heavy (non-hydrogen) atoms. The lowest BCUT2D eigenvalue weighted by atomic mass is 10.0. The fraction of sp³-hybridized carbons (Fsp3) is 0.321. The number of carbonyl (C=O) groups excluding carboxylic acids is 1. The molecule has 1 fully saturated rings. The first-order chi connectivity index (χ1) is 16.8. The van der Waals surface area contributed by atoms with Crippen molar-refractivity contribution in [1.82, 2.24) is 19.9 Å². The van der Waals surface area contributed by atoms with E-state index >= 15 is 0 Å². The lowest BCUT2D eigenvalue weighted by Crippen LogP contribution is -2.55. The summed E-state index contributed by atoms with van der Waals surface area (Å²) in [5, 5.41) is 3.03. The van der Waals surface area contributed by atoms with Crippen LogP contribution in [0.2, 0.25) is 0 Å². The molecule has 0 spiro atoms. The van der Waals surface area contributed by atoms with Gasteiger partial charge in [-0.25, -0.2) is 4.98 Å². The number of benzene rings is 2. The molecule has 0 radical (unpaired) electrons. The predicted molar refractivity (Wildman–Crippen MR) is 142 cm³/mol. The van der Waals surface area contributed by atoms with Gasteiger partial charge in [-0.1, -0.05) is 12.1 Å². The summed E-state index contributed by atoms with van der Waals surface area (Å²) in [6.07, 6.45) is 1.69. The lowest BCUT2D eigenvalue weighted by Gasteiger charge is -2.43. The monoisotopic (exact) mass is 468 g/mol. The number of nitrogens with zero attached hydrogens (tertiary/aromatic N) is 4. The first-order valence-electron chi connectivity index (χ1n) is 12.1. The van der Waals surface area contributed by atoms with E-state index in [0.717, 1.165) is 52.5 Å². The summed E-state index contributed by atoms with van der Waals surface area (Å²) in [5.74, 6) is 0.596. The van der Waals surface area contributed by atoms with Crippen LogP contribution >= 0.6 is 0 Å². The molecule has 0 bridgehead atoms. The van der Waals surface area contributed by atoms with Crippen LogP contribution in [-0.2, 0) is 0 Å². The molecule has 0 saturated carbocycles. The van der Waals surface area contributed by atoms with Crippen LogP contribution in [0.5, 0.6) is 0 Å². The molecule has 7 heteroatoms. The summed E-state index contributed by atoms with van der Waals surface area (Å²) in [7, 11) is 2.19. The smallest absolute Gasteiger partial charge is 0.255 e. The number of carbonyl (C=O) groups is 1. The summed E-state index contributed by atoms with van der Waals surface area (Å²) in [6, 6.07) is 16.9. The van der Waals surface area contributed by atoms with Gasteiger partial charge in [0.1, 0.15) is 5.82 Å². The molecule has 5 rings (SSSR count). The molecule has 2 N–H and O–H groups in total. The van der Waals surface area contributed by atoms with Crippen LogP contribution in [0.25, 0.3) is 22.4 Å². The highest BCUT2D eigenvalue weighted by Gasteiger charge is 2.27. The van der Waals surface area contributed by atoms with Gasteiger partial charge in [-0.3, -0.25) is 14.7 Å². The Kier molecular flexibility index (Phi) is 6.03. The van der Waals surface area contributed by atoms with Gasteiger partial charge in [-0.05, 0) is 76.7 Å². The normalized spacial score (nSPS) is 18.7. The Bertz CT molecular complexity index is 1350. The van der Waals surface area contributed by atoms with Gasteiger partial charge in [0, 0.05) is 47.7 Å². The number of hydrogen-bond donors (Lipinski definition) is 2. The minimum absolute atomic E-state index is 0.143. The van der Waals surface area contributed by atoms with Gasteiger partial charge in [0.05, 0.1) is 22.9 Å². The average molecular weight is 469 g/mol. The standard InChI is InChI=1S/C28H32N6O/c1-17-12-22(34-15-18(2)33(5)19(3)16-34)10-11-23(17)28(35)30-21-13-24(20(4)29-14-21)27-31-25-8-6-7-9-26(25)32-27/h6-14,18-19H,15-16H2,1-5H3,(H,30,35)(H,31,32)/t18-,19+. The number of anilines is 2. The van der Waals surface area contributed by atoms with E-state index in [4.69, 9.17) is 0 Å². The van der Waals surface area contributed by atoms with Gasteiger partial charge in [-0.15, -0.1) is 0 Å². The summed E-state index contributed by atoms with van der Waals surface area (Å²) >= 11 is 0. The van der Waals surface area contributed by atoms with E-state index < -0.39 is 0 Å². The Hall–Kier alpha value is -3.71. The zero-order valence-electron chi connectivity index (χ0n) is 21.0. The molecule has 2 aromatic carbocycles. The Morgan fingerprint density at radius 3 is 2.51 bits per heavy atom. The number of rotatable bonds is 4. The van der Waals surface area contributed by atoms with Crippen LogP contribution in [-0.4, -0.2) is 58.0 Å². The lowest BCUT2D eigenvalue weighted by molar-refractivity contribution is 0.102. The molecule has 2 aromatic heterocycles. The Labute approximate surface area is 206 Å². The van der Waals surface area contributed by atoms with Crippen LogP contribution in [0.4, 0.5) is 11.4 Å². The van der Waals surface area contributed by atoms with Crippen molar-refractivity contribution in [2.24, 2.45) is 0 Å². The van der Waals surface area contributed by atoms with Gasteiger partial charge in [0.2, 0.25) is 0 Å². The third-order valence-corrected chi connectivity index (χ3v) is 7.17. The third kappa shape index (κ3) is 4.51. The largest absolute Gasteiger partial charge is 0.368 e. The minimum Gasteiger partial charge on any atom is -0.368 e. The zero-order valence-corrected chi connectivity index (χ0v) is 21.0. The van der Waals surface area contributed by atoms with Crippen molar-refractivity contribution in [3.05, 3.63) is 71.5 Å². The zero-order chi connectivity index (χ0) is 24.7. The first-order valence-corrected chi connectivity index (χ1v) is 12.1. The Morgan fingerprint density at radius 2 is 1.80 bits per heavy atom. The highest BCUT2D eigenvalue weighted by Crippen LogP contribution is 2.27. The summed E-state index contributed by atoms with van der Waals surface area (Å²) < 4.78 is 0.